The third-order valence-corrected chi connectivity index (χ3v) is 4.33. The van der Waals surface area contributed by atoms with E-state index in [4.69, 9.17) is 5.73 Å². The van der Waals surface area contributed by atoms with Crippen LogP contribution in [-0.4, -0.2) is 35.8 Å². The highest BCUT2D eigenvalue weighted by molar-refractivity contribution is 7.99. The minimum absolute atomic E-state index is 0.0139. The molecule has 0 aliphatic heterocycles. The number of nitrogens with one attached hydrogen (secondary N) is 1. The summed E-state index contributed by atoms with van der Waals surface area (Å²) in [6.07, 6.45) is 0.938. The summed E-state index contributed by atoms with van der Waals surface area (Å²) >= 11 is 1.78. The van der Waals surface area contributed by atoms with E-state index in [1.54, 1.807) is 11.8 Å². The maximum Gasteiger partial charge on any atom is 0.0319 e. The number of thioether (sulfide) groups is 1. The third kappa shape index (κ3) is 5.89. The van der Waals surface area contributed by atoms with Gasteiger partial charge in [-0.1, -0.05) is 18.2 Å². The van der Waals surface area contributed by atoms with Gasteiger partial charge in [-0.15, -0.1) is 11.8 Å². The number of hydrogen-bond acceptors (Lipinski definition) is 2. The SMILES string of the molecule is CN(CC[C@@H]([NH])CSc1ccccc1)C(C)(C)C. The fraction of sp³-hybridized carbons (Fsp3) is 0.600. The van der Waals surface area contributed by atoms with Gasteiger partial charge >= 0.3 is 0 Å². The fourth-order valence-electron chi connectivity index (χ4n) is 1.48. The van der Waals surface area contributed by atoms with Crippen molar-refractivity contribution in [3.63, 3.8) is 0 Å². The molecule has 0 unspecified atom stereocenters. The summed E-state index contributed by atoms with van der Waals surface area (Å²) in [6.45, 7) is 7.63. The number of benzene rings is 1. The lowest BCUT2D eigenvalue weighted by atomic mass is 10.1. The van der Waals surface area contributed by atoms with Crippen LogP contribution in [-0.2, 0) is 0 Å². The molecule has 0 saturated carbocycles. The molecule has 1 atom stereocenters. The molecule has 0 heterocycles. The molecule has 0 aliphatic carbocycles. The highest BCUT2D eigenvalue weighted by atomic mass is 32.2. The number of hydrogen-bond donors (Lipinski definition) is 0. The zero-order chi connectivity index (χ0) is 13.6. The minimum atomic E-state index is 0.0139. The molecule has 101 valence electrons. The van der Waals surface area contributed by atoms with E-state index in [1.165, 1.54) is 4.90 Å². The van der Waals surface area contributed by atoms with Crippen LogP contribution in [0.2, 0.25) is 0 Å². The molecule has 0 aliphatic rings. The van der Waals surface area contributed by atoms with Gasteiger partial charge in [-0.2, -0.15) is 0 Å². The zero-order valence-corrected chi connectivity index (χ0v) is 12.8. The van der Waals surface area contributed by atoms with Crippen LogP contribution in [0, 0.1) is 0 Å². The summed E-state index contributed by atoms with van der Waals surface area (Å²) in [4.78, 5) is 3.58. The standard InChI is InChI=1S/C15H25N2S/c1-15(2,3)17(4)11-10-13(16)12-18-14-8-6-5-7-9-14/h5-9,13,16H,10-12H2,1-4H3/t13-/m1/s1. The maximum atomic E-state index is 8.07. The lowest BCUT2D eigenvalue weighted by molar-refractivity contribution is 0.171. The lowest BCUT2D eigenvalue weighted by Gasteiger charge is -2.32. The van der Waals surface area contributed by atoms with E-state index >= 15 is 0 Å². The van der Waals surface area contributed by atoms with Gasteiger partial charge in [-0.05, 0) is 52.9 Å². The Balaban J connectivity index is 2.24. The molecule has 1 rings (SSSR count). The molecule has 18 heavy (non-hydrogen) atoms. The van der Waals surface area contributed by atoms with Gasteiger partial charge in [-0.3, -0.25) is 5.73 Å². The molecule has 0 spiro atoms. The van der Waals surface area contributed by atoms with Gasteiger partial charge in [-0.25, -0.2) is 0 Å². The third-order valence-electron chi connectivity index (χ3n) is 3.15. The van der Waals surface area contributed by atoms with Crippen LogP contribution in [0.15, 0.2) is 35.2 Å². The first-order valence-corrected chi connectivity index (χ1v) is 7.48. The molecule has 0 fully saturated rings. The predicted molar refractivity (Wildman–Crippen MR) is 81.1 cm³/mol. The van der Waals surface area contributed by atoms with Crippen LogP contribution < -0.4 is 5.73 Å². The summed E-state index contributed by atoms with van der Waals surface area (Å²) < 4.78 is 0. The molecule has 0 amide bonds. The van der Waals surface area contributed by atoms with E-state index in [2.05, 4.69) is 57.0 Å². The second kappa shape index (κ2) is 7.17. The van der Waals surface area contributed by atoms with E-state index < -0.39 is 0 Å². The summed E-state index contributed by atoms with van der Waals surface area (Å²) in [7, 11) is 2.14. The topological polar surface area (TPSA) is 27.0 Å². The van der Waals surface area contributed by atoms with Crippen molar-refractivity contribution >= 4 is 11.8 Å². The molecule has 1 N–H and O–H groups in total. The van der Waals surface area contributed by atoms with E-state index in [1.807, 2.05) is 6.07 Å². The van der Waals surface area contributed by atoms with E-state index in [0.29, 0.717) is 0 Å². The van der Waals surface area contributed by atoms with Crippen LogP contribution in [0.4, 0.5) is 0 Å². The first-order valence-electron chi connectivity index (χ1n) is 6.50. The van der Waals surface area contributed by atoms with Gasteiger partial charge in [0.25, 0.3) is 0 Å². The Labute approximate surface area is 116 Å². The average molecular weight is 265 g/mol. The van der Waals surface area contributed by atoms with Gasteiger partial charge in [0.1, 0.15) is 0 Å². The van der Waals surface area contributed by atoms with E-state index in [0.717, 1.165) is 18.7 Å². The van der Waals surface area contributed by atoms with Crippen LogP contribution in [0.3, 0.4) is 0 Å². The van der Waals surface area contributed by atoms with Crippen molar-refractivity contribution < 1.29 is 0 Å². The molecule has 0 bridgehead atoms. The van der Waals surface area contributed by atoms with Crippen molar-refractivity contribution in [1.82, 2.24) is 10.6 Å². The molecule has 1 radical (unpaired) electrons. The molecule has 3 heteroatoms. The van der Waals surface area contributed by atoms with Crippen LogP contribution >= 0.6 is 11.8 Å². The molecule has 1 aromatic rings. The van der Waals surface area contributed by atoms with Gasteiger partial charge in [0, 0.05) is 22.2 Å². The van der Waals surface area contributed by atoms with Crippen molar-refractivity contribution in [2.45, 2.75) is 43.7 Å². The highest BCUT2D eigenvalue weighted by Gasteiger charge is 2.17. The van der Waals surface area contributed by atoms with E-state index in [9.17, 15) is 0 Å². The molecular formula is C15H25N2S. The summed E-state index contributed by atoms with van der Waals surface area (Å²) in [6, 6.07) is 10.4. The van der Waals surface area contributed by atoms with Crippen molar-refractivity contribution in [2.24, 2.45) is 0 Å². The van der Waals surface area contributed by atoms with Gasteiger partial charge in [0.2, 0.25) is 0 Å². The predicted octanol–water partition coefficient (Wildman–Crippen LogP) is 3.55. The highest BCUT2D eigenvalue weighted by Crippen LogP contribution is 2.19. The maximum absolute atomic E-state index is 8.07. The van der Waals surface area contributed by atoms with Crippen LogP contribution in [0.25, 0.3) is 0 Å². The Morgan fingerprint density at radius 1 is 1.22 bits per heavy atom. The Kier molecular flexibility index (Phi) is 6.19. The molecule has 1 aromatic carbocycles. The second-order valence-corrected chi connectivity index (χ2v) is 6.80. The number of nitrogens with zero attached hydrogens (tertiary/aromatic N) is 1. The molecular weight excluding hydrogens is 240 g/mol. The molecule has 2 nitrogen and oxygen atoms in total. The Morgan fingerprint density at radius 3 is 2.39 bits per heavy atom. The quantitative estimate of drug-likeness (QED) is 0.736. The monoisotopic (exact) mass is 265 g/mol. The Morgan fingerprint density at radius 2 is 1.83 bits per heavy atom. The van der Waals surface area contributed by atoms with Crippen molar-refractivity contribution in [3.8, 4) is 0 Å². The fourth-order valence-corrected chi connectivity index (χ4v) is 2.39. The van der Waals surface area contributed by atoms with Gasteiger partial charge < -0.3 is 4.90 Å². The lowest BCUT2D eigenvalue weighted by Crippen LogP contribution is -2.39. The second-order valence-electron chi connectivity index (χ2n) is 5.70. The summed E-state index contributed by atoms with van der Waals surface area (Å²) in [5, 5.41) is 0. The first kappa shape index (κ1) is 15.5. The van der Waals surface area contributed by atoms with Gasteiger partial charge in [0.05, 0.1) is 0 Å². The smallest absolute Gasteiger partial charge is 0.0319 e. The Bertz CT molecular complexity index is 332. The first-order chi connectivity index (χ1) is 8.39. The average Bonchev–Trinajstić information content (AvgIpc) is 2.33. The summed E-state index contributed by atoms with van der Waals surface area (Å²) in [5.41, 5.74) is 8.27. The Hall–Kier alpha value is -0.510. The summed E-state index contributed by atoms with van der Waals surface area (Å²) in [5.74, 6) is 0.877. The minimum Gasteiger partial charge on any atom is -0.301 e. The molecule has 0 aromatic heterocycles. The zero-order valence-electron chi connectivity index (χ0n) is 11.9. The molecule has 0 saturated heterocycles. The normalized spacial score (nSPS) is 13.9. The van der Waals surface area contributed by atoms with Crippen molar-refractivity contribution in [2.75, 3.05) is 19.3 Å². The van der Waals surface area contributed by atoms with E-state index in [-0.39, 0.29) is 11.6 Å². The number of rotatable bonds is 6. The van der Waals surface area contributed by atoms with Crippen molar-refractivity contribution in [1.29, 1.82) is 0 Å². The van der Waals surface area contributed by atoms with Crippen molar-refractivity contribution in [3.05, 3.63) is 30.3 Å². The van der Waals surface area contributed by atoms with Crippen LogP contribution in [0.1, 0.15) is 27.2 Å². The van der Waals surface area contributed by atoms with Gasteiger partial charge in [0.15, 0.2) is 0 Å². The van der Waals surface area contributed by atoms with Crippen LogP contribution in [0.5, 0.6) is 0 Å². The largest absolute Gasteiger partial charge is 0.301 e.